The lowest BCUT2D eigenvalue weighted by Gasteiger charge is -1.90. The maximum absolute atomic E-state index is 8.14. The summed E-state index contributed by atoms with van der Waals surface area (Å²) in [6, 6.07) is 0. The topological polar surface area (TPSA) is 40.5 Å². The van der Waals surface area contributed by atoms with Crippen LogP contribution >= 0.6 is 0 Å². The summed E-state index contributed by atoms with van der Waals surface area (Å²) >= 11 is 0. The van der Waals surface area contributed by atoms with Crippen molar-refractivity contribution in [1.82, 2.24) is 0 Å². The standard InChI is InChI=1S/2C4H10O/c2*1-4(2)3-5/h2*4-5H,3H2,1-2H3. The van der Waals surface area contributed by atoms with E-state index in [1.54, 1.807) is 0 Å². The zero-order chi connectivity index (χ0) is 8.57. The highest BCUT2D eigenvalue weighted by atomic mass is 16.3. The lowest BCUT2D eigenvalue weighted by Crippen LogP contribution is -1.90. The Bertz CT molecular complexity index is 43.2. The van der Waals surface area contributed by atoms with E-state index in [0.717, 1.165) is 0 Å². The van der Waals surface area contributed by atoms with Crippen LogP contribution in [0.15, 0.2) is 0 Å². The molecule has 0 bridgehead atoms. The summed E-state index contributed by atoms with van der Waals surface area (Å²) in [6.07, 6.45) is 0. The Balaban J connectivity index is 0. The van der Waals surface area contributed by atoms with Crippen LogP contribution in [-0.4, -0.2) is 23.4 Å². The largest absolute Gasteiger partial charge is 0.396 e. The zero-order valence-corrected chi connectivity index (χ0v) is 7.46. The minimum Gasteiger partial charge on any atom is -0.396 e. The highest BCUT2D eigenvalue weighted by Crippen LogP contribution is 1.83. The lowest BCUT2D eigenvalue weighted by atomic mass is 10.2. The second-order valence-electron chi connectivity index (χ2n) is 3.15. The molecule has 0 atom stereocenters. The third-order valence-corrected chi connectivity index (χ3v) is 0.730. The second-order valence-corrected chi connectivity index (χ2v) is 3.15. The Kier molecular flexibility index (Phi) is 11.2. The van der Waals surface area contributed by atoms with Crippen LogP contribution in [0.1, 0.15) is 27.7 Å². The van der Waals surface area contributed by atoms with E-state index >= 15 is 0 Å². The van der Waals surface area contributed by atoms with Gasteiger partial charge in [0.15, 0.2) is 0 Å². The molecule has 0 heterocycles. The van der Waals surface area contributed by atoms with E-state index in [9.17, 15) is 0 Å². The van der Waals surface area contributed by atoms with Gasteiger partial charge in [-0.2, -0.15) is 0 Å². The van der Waals surface area contributed by atoms with Crippen LogP contribution in [0.4, 0.5) is 0 Å². The van der Waals surface area contributed by atoms with E-state index in [1.807, 2.05) is 27.7 Å². The van der Waals surface area contributed by atoms with Gasteiger partial charge in [-0.1, -0.05) is 27.7 Å². The molecule has 2 heteroatoms. The molecule has 64 valence electrons. The summed E-state index contributed by atoms with van der Waals surface area (Å²) in [5, 5.41) is 16.3. The maximum atomic E-state index is 8.14. The average Bonchev–Trinajstić information content (AvgIpc) is 1.89. The first-order chi connectivity index (χ1) is 4.54. The summed E-state index contributed by atoms with van der Waals surface area (Å²) < 4.78 is 0. The van der Waals surface area contributed by atoms with Crippen LogP contribution in [0.5, 0.6) is 0 Å². The molecule has 0 amide bonds. The average molecular weight is 148 g/mol. The van der Waals surface area contributed by atoms with Gasteiger partial charge in [-0.25, -0.2) is 0 Å². The molecule has 2 nitrogen and oxygen atoms in total. The highest BCUT2D eigenvalue weighted by molar-refractivity contribution is 4.32. The monoisotopic (exact) mass is 148 g/mol. The van der Waals surface area contributed by atoms with Crippen molar-refractivity contribution in [1.29, 1.82) is 0 Å². The van der Waals surface area contributed by atoms with Crippen molar-refractivity contribution < 1.29 is 10.2 Å². The van der Waals surface area contributed by atoms with E-state index in [2.05, 4.69) is 0 Å². The minimum absolute atomic E-state index is 0.306. The normalized spacial score (nSPS) is 9.60. The summed E-state index contributed by atoms with van der Waals surface area (Å²) in [7, 11) is 0. The molecule has 0 saturated heterocycles. The lowest BCUT2D eigenvalue weighted by molar-refractivity contribution is 0.248. The first-order valence-corrected chi connectivity index (χ1v) is 3.76. The van der Waals surface area contributed by atoms with Crippen molar-refractivity contribution in [2.45, 2.75) is 27.7 Å². The molecule has 0 aliphatic rings. The van der Waals surface area contributed by atoms with Gasteiger partial charge in [0.1, 0.15) is 0 Å². The number of hydrogen-bond donors (Lipinski definition) is 2. The van der Waals surface area contributed by atoms with E-state index in [1.165, 1.54) is 0 Å². The maximum Gasteiger partial charge on any atom is 0.0453 e. The van der Waals surface area contributed by atoms with Gasteiger partial charge in [0.25, 0.3) is 0 Å². The van der Waals surface area contributed by atoms with Crippen molar-refractivity contribution in [3.05, 3.63) is 0 Å². The predicted molar refractivity (Wildman–Crippen MR) is 43.8 cm³/mol. The molecule has 0 aromatic rings. The van der Waals surface area contributed by atoms with E-state index in [-0.39, 0.29) is 0 Å². The van der Waals surface area contributed by atoms with Crippen molar-refractivity contribution >= 4 is 0 Å². The summed E-state index contributed by atoms with van der Waals surface area (Å²) in [4.78, 5) is 0. The molecule has 0 saturated carbocycles. The smallest absolute Gasteiger partial charge is 0.0453 e. The number of hydrogen-bond acceptors (Lipinski definition) is 2. The molecular formula is C8H20O2. The summed E-state index contributed by atoms with van der Waals surface area (Å²) in [5.41, 5.74) is 0. The second kappa shape index (κ2) is 8.92. The van der Waals surface area contributed by atoms with Gasteiger partial charge >= 0.3 is 0 Å². The van der Waals surface area contributed by atoms with Gasteiger partial charge in [-0.3, -0.25) is 0 Å². The van der Waals surface area contributed by atoms with Gasteiger partial charge in [-0.15, -0.1) is 0 Å². The Morgan fingerprint density at radius 2 is 0.900 bits per heavy atom. The van der Waals surface area contributed by atoms with Crippen LogP contribution in [0.25, 0.3) is 0 Å². The summed E-state index contributed by atoms with van der Waals surface area (Å²) in [5.74, 6) is 0.880. The van der Waals surface area contributed by atoms with Crippen molar-refractivity contribution in [2.24, 2.45) is 11.8 Å². The van der Waals surface area contributed by atoms with E-state index in [0.29, 0.717) is 25.0 Å². The molecule has 2 N–H and O–H groups in total. The first kappa shape index (κ1) is 12.6. The van der Waals surface area contributed by atoms with Crippen molar-refractivity contribution in [2.75, 3.05) is 13.2 Å². The minimum atomic E-state index is 0.306. The Labute approximate surface area is 63.9 Å². The number of aliphatic hydroxyl groups is 2. The molecule has 0 fully saturated rings. The van der Waals surface area contributed by atoms with Gasteiger partial charge in [0.2, 0.25) is 0 Å². The van der Waals surface area contributed by atoms with Gasteiger partial charge < -0.3 is 10.2 Å². The molecule has 0 radical (unpaired) electrons. The molecule has 0 aromatic heterocycles. The third kappa shape index (κ3) is 24.7. The van der Waals surface area contributed by atoms with Crippen molar-refractivity contribution in [3.63, 3.8) is 0 Å². The molecule has 0 spiro atoms. The fraction of sp³-hybridized carbons (Fsp3) is 1.00. The van der Waals surface area contributed by atoms with Crippen LogP contribution < -0.4 is 0 Å². The third-order valence-electron chi connectivity index (χ3n) is 0.730. The van der Waals surface area contributed by atoms with Gasteiger partial charge in [-0.05, 0) is 11.8 Å². The Morgan fingerprint density at radius 3 is 0.900 bits per heavy atom. The number of aliphatic hydroxyl groups excluding tert-OH is 2. The first-order valence-electron chi connectivity index (χ1n) is 3.76. The fourth-order valence-corrected chi connectivity index (χ4v) is 0. The van der Waals surface area contributed by atoms with Crippen LogP contribution in [0, 0.1) is 11.8 Å². The van der Waals surface area contributed by atoms with Crippen LogP contribution in [0.3, 0.4) is 0 Å². The SMILES string of the molecule is CC(C)CO.CC(C)CO. The fourth-order valence-electron chi connectivity index (χ4n) is 0. The van der Waals surface area contributed by atoms with Crippen molar-refractivity contribution in [3.8, 4) is 0 Å². The molecule has 10 heavy (non-hydrogen) atoms. The zero-order valence-electron chi connectivity index (χ0n) is 7.46. The van der Waals surface area contributed by atoms with E-state index < -0.39 is 0 Å². The van der Waals surface area contributed by atoms with Gasteiger partial charge in [0, 0.05) is 13.2 Å². The molecule has 0 aromatic carbocycles. The van der Waals surface area contributed by atoms with E-state index in [4.69, 9.17) is 10.2 Å². The Hall–Kier alpha value is -0.0800. The highest BCUT2D eigenvalue weighted by Gasteiger charge is 1.82. The Morgan fingerprint density at radius 1 is 0.800 bits per heavy atom. The molecular weight excluding hydrogens is 128 g/mol. The molecule has 0 rings (SSSR count). The quantitative estimate of drug-likeness (QED) is 0.619. The molecule has 0 aliphatic heterocycles. The van der Waals surface area contributed by atoms with Gasteiger partial charge in [0.05, 0.1) is 0 Å². The molecule has 0 unspecified atom stereocenters. The molecule has 0 aliphatic carbocycles. The predicted octanol–water partition coefficient (Wildman–Crippen LogP) is 1.27. The number of rotatable bonds is 2. The van der Waals surface area contributed by atoms with Crippen LogP contribution in [-0.2, 0) is 0 Å². The summed E-state index contributed by atoms with van der Waals surface area (Å²) in [6.45, 7) is 8.50. The van der Waals surface area contributed by atoms with Crippen LogP contribution in [0.2, 0.25) is 0 Å².